The van der Waals surface area contributed by atoms with Crippen LogP contribution in [-0.2, 0) is 9.59 Å². The number of nitrogens with zero attached hydrogens (tertiary/aromatic N) is 5. The molecule has 0 atom stereocenters. The number of nitrogens with one attached hydrogen (secondary N) is 2. The average molecular weight is 568 g/mol. The number of carbonyl (C=O) groups is 2. The summed E-state index contributed by atoms with van der Waals surface area (Å²) in [4.78, 5) is 41.2. The Balaban J connectivity index is 1.30. The summed E-state index contributed by atoms with van der Waals surface area (Å²) >= 11 is 6.20. The number of rotatable bonds is 6. The molecule has 0 aliphatic carbocycles. The molecule has 3 heterocycles. The minimum atomic E-state index is -0.227. The summed E-state index contributed by atoms with van der Waals surface area (Å²) in [5.41, 5.74) is 6.38. The Hall–Kier alpha value is -4.31. The van der Waals surface area contributed by atoms with Crippen molar-refractivity contribution in [2.75, 3.05) is 62.4 Å². The van der Waals surface area contributed by atoms with E-state index in [4.69, 9.17) is 11.6 Å². The van der Waals surface area contributed by atoms with E-state index in [2.05, 4.69) is 37.4 Å². The van der Waals surface area contributed by atoms with E-state index < -0.39 is 0 Å². The van der Waals surface area contributed by atoms with Crippen LogP contribution in [0, 0.1) is 0 Å². The SMILES string of the molecule is CN1CCN(CC(=O)N(C)c2ccc(NC(=C3C(=O)Nc4cc(Cl)ccc43)c3ccc4nccnc4c3)cc2)CC1. The van der Waals surface area contributed by atoms with Gasteiger partial charge in [0.2, 0.25) is 5.91 Å². The molecule has 10 heteroatoms. The molecule has 0 bridgehead atoms. The zero-order valence-electron chi connectivity index (χ0n) is 22.9. The first-order valence-corrected chi connectivity index (χ1v) is 13.8. The Morgan fingerprint density at radius 1 is 0.976 bits per heavy atom. The highest BCUT2D eigenvalue weighted by Crippen LogP contribution is 2.39. The summed E-state index contributed by atoms with van der Waals surface area (Å²) in [6.07, 6.45) is 3.30. The fourth-order valence-corrected chi connectivity index (χ4v) is 5.32. The largest absolute Gasteiger partial charge is 0.354 e. The van der Waals surface area contributed by atoms with Crippen molar-refractivity contribution in [3.05, 3.63) is 89.2 Å². The lowest BCUT2D eigenvalue weighted by Gasteiger charge is -2.32. The Kier molecular flexibility index (Phi) is 7.40. The number of likely N-dealkylation sites (N-methyl/N-ethyl adjacent to an activating group) is 2. The first-order chi connectivity index (χ1) is 19.9. The van der Waals surface area contributed by atoms with Gasteiger partial charge < -0.3 is 20.4 Å². The third-order valence-electron chi connectivity index (χ3n) is 7.59. The Morgan fingerprint density at radius 2 is 1.71 bits per heavy atom. The zero-order chi connectivity index (χ0) is 28.5. The van der Waals surface area contributed by atoms with Crippen LogP contribution in [0.15, 0.2) is 73.1 Å². The van der Waals surface area contributed by atoms with Crippen molar-refractivity contribution in [3.8, 4) is 0 Å². The van der Waals surface area contributed by atoms with Crippen LogP contribution in [0.4, 0.5) is 17.1 Å². The molecule has 3 aromatic carbocycles. The van der Waals surface area contributed by atoms with Crippen LogP contribution in [0.1, 0.15) is 11.1 Å². The van der Waals surface area contributed by atoms with Gasteiger partial charge in [0.25, 0.3) is 5.91 Å². The number of carbonyl (C=O) groups excluding carboxylic acids is 2. The van der Waals surface area contributed by atoms with Gasteiger partial charge >= 0.3 is 0 Å². The van der Waals surface area contributed by atoms with Crippen molar-refractivity contribution in [1.29, 1.82) is 0 Å². The topological polar surface area (TPSA) is 93.7 Å². The van der Waals surface area contributed by atoms with Crippen LogP contribution in [-0.4, -0.2) is 78.4 Å². The number of hydrogen-bond donors (Lipinski definition) is 2. The van der Waals surface area contributed by atoms with E-state index >= 15 is 0 Å². The van der Waals surface area contributed by atoms with Crippen LogP contribution >= 0.6 is 11.6 Å². The summed E-state index contributed by atoms with van der Waals surface area (Å²) in [6.45, 7) is 4.10. The van der Waals surface area contributed by atoms with Crippen molar-refractivity contribution in [1.82, 2.24) is 19.8 Å². The van der Waals surface area contributed by atoms with Gasteiger partial charge in [-0.05, 0) is 55.6 Å². The zero-order valence-corrected chi connectivity index (χ0v) is 23.7. The predicted octanol–water partition coefficient (Wildman–Crippen LogP) is 4.43. The number of piperazine rings is 1. The fraction of sp³-hybridized carbons (Fsp3) is 0.226. The highest BCUT2D eigenvalue weighted by molar-refractivity contribution is 6.38. The van der Waals surface area contributed by atoms with Crippen LogP contribution in [0.25, 0.3) is 22.3 Å². The van der Waals surface area contributed by atoms with Crippen molar-refractivity contribution < 1.29 is 9.59 Å². The van der Waals surface area contributed by atoms with E-state index in [0.29, 0.717) is 28.5 Å². The maximum atomic E-state index is 13.3. The summed E-state index contributed by atoms with van der Waals surface area (Å²) in [5.74, 6) is -0.178. The quantitative estimate of drug-likeness (QED) is 0.333. The molecule has 2 aliphatic rings. The average Bonchev–Trinajstić information content (AvgIpc) is 3.31. The molecule has 2 N–H and O–H groups in total. The molecular formula is C31H30ClN7O2. The van der Waals surface area contributed by atoms with E-state index in [1.165, 1.54) is 0 Å². The molecule has 6 rings (SSSR count). The highest BCUT2D eigenvalue weighted by Gasteiger charge is 2.29. The molecule has 0 saturated carbocycles. The molecule has 208 valence electrons. The standard InChI is InChI=1S/C31H30ClN7O2/c1-37-13-15-39(16-14-37)19-28(40)38(2)23-7-5-22(6-8-23)35-30(20-3-10-25-27(17-20)34-12-11-33-25)29-24-9-4-21(32)18-26(24)36-31(29)41/h3-12,17-18,35H,13-16,19H2,1-2H3,(H,36,41). The monoisotopic (exact) mass is 567 g/mol. The lowest BCUT2D eigenvalue weighted by molar-refractivity contribution is -0.119. The lowest BCUT2D eigenvalue weighted by atomic mass is 9.99. The van der Waals surface area contributed by atoms with E-state index in [0.717, 1.165) is 59.7 Å². The molecule has 2 aliphatic heterocycles. The normalized spacial score (nSPS) is 16.8. The third kappa shape index (κ3) is 5.65. The molecule has 1 aromatic heterocycles. The van der Waals surface area contributed by atoms with E-state index in [-0.39, 0.29) is 11.8 Å². The van der Waals surface area contributed by atoms with Crippen LogP contribution < -0.4 is 15.5 Å². The van der Waals surface area contributed by atoms with Gasteiger partial charge in [-0.2, -0.15) is 0 Å². The summed E-state index contributed by atoms with van der Waals surface area (Å²) < 4.78 is 0. The van der Waals surface area contributed by atoms with Gasteiger partial charge in [-0.25, -0.2) is 0 Å². The number of fused-ring (bicyclic) bond motifs is 2. The summed E-state index contributed by atoms with van der Waals surface area (Å²) in [5, 5.41) is 6.95. The van der Waals surface area contributed by atoms with Crippen molar-refractivity contribution in [2.24, 2.45) is 0 Å². The smallest absolute Gasteiger partial charge is 0.258 e. The van der Waals surface area contributed by atoms with Crippen LogP contribution in [0.3, 0.4) is 0 Å². The van der Waals surface area contributed by atoms with E-state index in [9.17, 15) is 9.59 Å². The molecule has 4 aromatic rings. The predicted molar refractivity (Wildman–Crippen MR) is 164 cm³/mol. The van der Waals surface area contributed by atoms with Gasteiger partial charge in [-0.15, -0.1) is 0 Å². The molecule has 1 fully saturated rings. The molecule has 41 heavy (non-hydrogen) atoms. The van der Waals surface area contributed by atoms with E-state index in [1.807, 2.05) is 48.5 Å². The van der Waals surface area contributed by atoms with Crippen LogP contribution in [0.5, 0.6) is 0 Å². The minimum absolute atomic E-state index is 0.0493. The second kappa shape index (κ2) is 11.3. The van der Waals surface area contributed by atoms with Crippen LogP contribution in [0.2, 0.25) is 5.02 Å². The molecule has 0 spiro atoms. The second-order valence-corrected chi connectivity index (χ2v) is 10.8. The van der Waals surface area contributed by atoms with Crippen molar-refractivity contribution in [2.45, 2.75) is 0 Å². The van der Waals surface area contributed by atoms with Gasteiger partial charge in [0.15, 0.2) is 0 Å². The first-order valence-electron chi connectivity index (χ1n) is 13.5. The number of aromatic nitrogens is 2. The molecular weight excluding hydrogens is 538 g/mol. The molecule has 0 unspecified atom stereocenters. The number of anilines is 3. The summed E-state index contributed by atoms with van der Waals surface area (Å²) in [7, 11) is 3.90. The van der Waals surface area contributed by atoms with Gasteiger partial charge in [0, 0.05) is 73.1 Å². The highest BCUT2D eigenvalue weighted by atomic mass is 35.5. The maximum absolute atomic E-state index is 13.3. The Bertz CT molecular complexity index is 1660. The van der Waals surface area contributed by atoms with E-state index in [1.54, 1.807) is 36.5 Å². The number of benzene rings is 3. The van der Waals surface area contributed by atoms with Gasteiger partial charge in [-0.3, -0.25) is 24.5 Å². The number of halogens is 1. The molecule has 2 amide bonds. The van der Waals surface area contributed by atoms with Gasteiger partial charge in [0.05, 0.1) is 34.5 Å². The van der Waals surface area contributed by atoms with Gasteiger partial charge in [-0.1, -0.05) is 23.7 Å². The van der Waals surface area contributed by atoms with Crippen molar-refractivity contribution >= 4 is 62.8 Å². The lowest BCUT2D eigenvalue weighted by Crippen LogP contribution is -2.48. The first kappa shape index (κ1) is 26.9. The fourth-order valence-electron chi connectivity index (χ4n) is 5.15. The summed E-state index contributed by atoms with van der Waals surface area (Å²) in [6, 6.07) is 18.7. The third-order valence-corrected chi connectivity index (χ3v) is 7.82. The Labute approximate surface area is 243 Å². The second-order valence-electron chi connectivity index (χ2n) is 10.4. The number of hydrogen-bond acceptors (Lipinski definition) is 7. The maximum Gasteiger partial charge on any atom is 0.258 e. The number of amides is 2. The van der Waals surface area contributed by atoms with Crippen molar-refractivity contribution in [3.63, 3.8) is 0 Å². The Morgan fingerprint density at radius 3 is 2.46 bits per heavy atom. The van der Waals surface area contributed by atoms with Gasteiger partial charge in [0.1, 0.15) is 0 Å². The molecule has 1 saturated heterocycles. The molecule has 0 radical (unpaired) electrons. The minimum Gasteiger partial charge on any atom is -0.354 e. The molecule has 9 nitrogen and oxygen atoms in total.